The Morgan fingerprint density at radius 3 is 2.53 bits per heavy atom. The summed E-state index contributed by atoms with van der Waals surface area (Å²) in [5.41, 5.74) is -0.0215. The maximum absolute atomic E-state index is 13.3. The monoisotopic (exact) mass is 238 g/mol. The molecule has 17 heavy (non-hydrogen) atoms. The Balaban J connectivity index is 2.28. The largest absolute Gasteiger partial charge is 0.364 e. The molecule has 0 unspecified atom stereocenters. The van der Waals surface area contributed by atoms with Crippen molar-refractivity contribution in [3.8, 4) is 0 Å². The fourth-order valence-electron chi connectivity index (χ4n) is 1.30. The predicted octanol–water partition coefficient (Wildman–Crippen LogP) is 2.51. The van der Waals surface area contributed by atoms with E-state index in [1.54, 1.807) is 6.92 Å². The number of carbonyl (C=O) groups excluding carboxylic acids is 1. The SMILES string of the molecule is Cc1conc1C(=O)Nc1c(F)cccc1F. The number of amides is 1. The zero-order valence-electron chi connectivity index (χ0n) is 8.83. The average Bonchev–Trinajstić information content (AvgIpc) is 2.70. The van der Waals surface area contributed by atoms with Crippen LogP contribution in [0.1, 0.15) is 16.1 Å². The summed E-state index contributed by atoms with van der Waals surface area (Å²) in [6, 6.07) is 3.31. The highest BCUT2D eigenvalue weighted by molar-refractivity contribution is 6.03. The molecule has 0 saturated heterocycles. The van der Waals surface area contributed by atoms with Crippen LogP contribution in [0.4, 0.5) is 14.5 Å². The zero-order valence-corrected chi connectivity index (χ0v) is 8.83. The Hall–Kier alpha value is -2.24. The first-order valence-electron chi connectivity index (χ1n) is 4.76. The van der Waals surface area contributed by atoms with Gasteiger partial charge in [0, 0.05) is 5.56 Å². The second-order valence-electron chi connectivity index (χ2n) is 3.40. The highest BCUT2D eigenvalue weighted by Gasteiger charge is 2.17. The van der Waals surface area contributed by atoms with E-state index in [2.05, 4.69) is 15.0 Å². The van der Waals surface area contributed by atoms with Gasteiger partial charge < -0.3 is 9.84 Å². The molecule has 0 radical (unpaired) electrons. The van der Waals surface area contributed by atoms with Crippen molar-refractivity contribution in [2.45, 2.75) is 6.92 Å². The molecule has 0 atom stereocenters. The molecular weight excluding hydrogens is 230 g/mol. The molecule has 2 aromatic rings. The van der Waals surface area contributed by atoms with Crippen LogP contribution >= 0.6 is 0 Å². The normalized spacial score (nSPS) is 10.3. The maximum atomic E-state index is 13.3. The van der Waals surface area contributed by atoms with E-state index in [1.807, 2.05) is 0 Å². The van der Waals surface area contributed by atoms with Gasteiger partial charge in [-0.3, -0.25) is 4.79 Å². The number of hydrogen-bond donors (Lipinski definition) is 1. The number of aryl methyl sites for hydroxylation is 1. The fourth-order valence-corrected chi connectivity index (χ4v) is 1.30. The number of anilines is 1. The van der Waals surface area contributed by atoms with Crippen LogP contribution in [0.3, 0.4) is 0 Å². The van der Waals surface area contributed by atoms with Crippen LogP contribution in [-0.2, 0) is 0 Å². The first-order valence-corrected chi connectivity index (χ1v) is 4.76. The van der Waals surface area contributed by atoms with Gasteiger partial charge in [-0.15, -0.1) is 0 Å². The van der Waals surface area contributed by atoms with Gasteiger partial charge in [0.05, 0.1) is 0 Å². The zero-order chi connectivity index (χ0) is 12.4. The van der Waals surface area contributed by atoms with Crippen molar-refractivity contribution in [1.82, 2.24) is 5.16 Å². The third kappa shape index (κ3) is 2.15. The Morgan fingerprint density at radius 2 is 2.00 bits per heavy atom. The minimum atomic E-state index is -0.848. The number of para-hydroxylation sites is 1. The molecule has 0 fully saturated rings. The van der Waals surface area contributed by atoms with Gasteiger partial charge in [-0.25, -0.2) is 8.78 Å². The quantitative estimate of drug-likeness (QED) is 0.874. The van der Waals surface area contributed by atoms with E-state index in [1.165, 1.54) is 12.3 Å². The predicted molar refractivity (Wildman–Crippen MR) is 55.6 cm³/mol. The first kappa shape index (κ1) is 11.3. The van der Waals surface area contributed by atoms with Crippen molar-refractivity contribution in [1.29, 1.82) is 0 Å². The van der Waals surface area contributed by atoms with E-state index in [9.17, 15) is 13.6 Å². The van der Waals surface area contributed by atoms with E-state index in [-0.39, 0.29) is 5.69 Å². The van der Waals surface area contributed by atoms with Crippen LogP contribution in [-0.4, -0.2) is 11.1 Å². The summed E-state index contributed by atoms with van der Waals surface area (Å²) in [5, 5.41) is 5.55. The number of nitrogens with one attached hydrogen (secondary N) is 1. The highest BCUT2D eigenvalue weighted by atomic mass is 19.1. The second kappa shape index (κ2) is 4.32. The molecule has 88 valence electrons. The van der Waals surface area contributed by atoms with Crippen LogP contribution in [0.5, 0.6) is 0 Å². The first-order chi connectivity index (χ1) is 8.09. The summed E-state index contributed by atoms with van der Waals surface area (Å²) < 4.78 is 31.1. The molecule has 1 N–H and O–H groups in total. The van der Waals surface area contributed by atoms with Gasteiger partial charge in [0.25, 0.3) is 5.91 Å². The summed E-state index contributed by atoms with van der Waals surface area (Å²) in [4.78, 5) is 11.6. The maximum Gasteiger partial charge on any atom is 0.278 e. The Labute approximate surface area is 95.2 Å². The van der Waals surface area contributed by atoms with Crippen molar-refractivity contribution >= 4 is 11.6 Å². The number of halogens is 2. The van der Waals surface area contributed by atoms with Crippen molar-refractivity contribution in [3.63, 3.8) is 0 Å². The van der Waals surface area contributed by atoms with Crippen LogP contribution < -0.4 is 5.32 Å². The number of benzene rings is 1. The second-order valence-corrected chi connectivity index (χ2v) is 3.40. The minimum absolute atomic E-state index is 0.00680. The number of rotatable bonds is 2. The molecule has 1 heterocycles. The number of nitrogens with zero attached hydrogens (tertiary/aromatic N) is 1. The Kier molecular flexibility index (Phi) is 2.86. The summed E-state index contributed by atoms with van der Waals surface area (Å²) in [6.45, 7) is 1.60. The van der Waals surface area contributed by atoms with Gasteiger partial charge >= 0.3 is 0 Å². The van der Waals surface area contributed by atoms with Gasteiger partial charge in [-0.05, 0) is 19.1 Å². The molecule has 0 aliphatic rings. The summed E-state index contributed by atoms with van der Waals surface area (Å²) >= 11 is 0. The van der Waals surface area contributed by atoms with E-state index >= 15 is 0 Å². The minimum Gasteiger partial charge on any atom is -0.364 e. The molecule has 1 aromatic carbocycles. The van der Waals surface area contributed by atoms with Crippen LogP contribution in [0.15, 0.2) is 29.0 Å². The van der Waals surface area contributed by atoms with Crippen molar-refractivity contribution in [2.24, 2.45) is 0 Å². The molecule has 1 amide bonds. The molecule has 1 aromatic heterocycles. The lowest BCUT2D eigenvalue weighted by Crippen LogP contribution is -2.15. The summed E-state index contributed by atoms with van der Waals surface area (Å²) in [7, 11) is 0. The van der Waals surface area contributed by atoms with Gasteiger partial charge in [0.1, 0.15) is 23.6 Å². The number of carbonyl (C=O) groups is 1. The van der Waals surface area contributed by atoms with Crippen molar-refractivity contribution in [3.05, 3.63) is 47.4 Å². The van der Waals surface area contributed by atoms with E-state index in [0.717, 1.165) is 12.1 Å². The van der Waals surface area contributed by atoms with Crippen LogP contribution in [0.25, 0.3) is 0 Å². The standard InChI is InChI=1S/C11H8F2N2O2/c1-6-5-17-15-9(6)11(16)14-10-7(12)3-2-4-8(10)13/h2-5H,1H3,(H,14,16). The van der Waals surface area contributed by atoms with Gasteiger partial charge in [0.15, 0.2) is 5.69 Å². The third-order valence-corrected chi connectivity index (χ3v) is 2.16. The molecule has 2 rings (SSSR count). The van der Waals surface area contributed by atoms with E-state index in [4.69, 9.17) is 0 Å². The number of hydrogen-bond acceptors (Lipinski definition) is 3. The molecule has 6 heteroatoms. The van der Waals surface area contributed by atoms with E-state index in [0.29, 0.717) is 5.56 Å². The number of aromatic nitrogens is 1. The average molecular weight is 238 g/mol. The lowest BCUT2D eigenvalue weighted by atomic mass is 10.2. The van der Waals surface area contributed by atoms with Gasteiger partial charge in [-0.1, -0.05) is 11.2 Å². The molecule has 0 bridgehead atoms. The van der Waals surface area contributed by atoms with Crippen LogP contribution in [0, 0.1) is 18.6 Å². The van der Waals surface area contributed by atoms with Crippen molar-refractivity contribution in [2.75, 3.05) is 5.32 Å². The molecule has 4 nitrogen and oxygen atoms in total. The van der Waals surface area contributed by atoms with E-state index < -0.39 is 23.2 Å². The highest BCUT2D eigenvalue weighted by Crippen LogP contribution is 2.19. The Morgan fingerprint density at radius 1 is 1.35 bits per heavy atom. The van der Waals surface area contributed by atoms with Crippen LogP contribution in [0.2, 0.25) is 0 Å². The third-order valence-electron chi connectivity index (χ3n) is 2.16. The van der Waals surface area contributed by atoms with Gasteiger partial charge in [0.2, 0.25) is 0 Å². The van der Waals surface area contributed by atoms with Gasteiger partial charge in [-0.2, -0.15) is 0 Å². The lowest BCUT2D eigenvalue weighted by molar-refractivity contribution is 0.101. The fraction of sp³-hybridized carbons (Fsp3) is 0.0909. The lowest BCUT2D eigenvalue weighted by Gasteiger charge is -2.05. The summed E-state index contributed by atoms with van der Waals surface area (Å²) in [5.74, 6) is -2.42. The smallest absolute Gasteiger partial charge is 0.278 e. The molecule has 0 aliphatic heterocycles. The summed E-state index contributed by atoms with van der Waals surface area (Å²) in [6.07, 6.45) is 1.27. The van der Waals surface area contributed by atoms with Crippen molar-refractivity contribution < 1.29 is 18.1 Å². The molecular formula is C11H8F2N2O2. The molecule has 0 aliphatic carbocycles. The Bertz CT molecular complexity index is 546. The molecule has 0 spiro atoms. The topological polar surface area (TPSA) is 55.1 Å². The molecule has 0 saturated carbocycles.